The van der Waals surface area contributed by atoms with E-state index in [9.17, 15) is 9.59 Å². The van der Waals surface area contributed by atoms with Crippen molar-refractivity contribution in [2.45, 2.75) is 26.2 Å². The van der Waals surface area contributed by atoms with Gasteiger partial charge in [0.25, 0.3) is 5.91 Å². The topological polar surface area (TPSA) is 86.9 Å². The molecule has 7 heteroatoms. The molecule has 0 atom stereocenters. The Hall–Kier alpha value is -3.45. The minimum Gasteiger partial charge on any atom is -0.361 e. The highest BCUT2D eigenvalue weighted by Crippen LogP contribution is 2.27. The molecular weight excluding hydrogens is 396 g/mol. The molecule has 6 nitrogen and oxygen atoms in total. The number of thiazole rings is 1. The van der Waals surface area contributed by atoms with E-state index in [2.05, 4.69) is 26.9 Å². The number of H-pyrrole nitrogens is 1. The van der Waals surface area contributed by atoms with Gasteiger partial charge in [-0.3, -0.25) is 20.4 Å². The van der Waals surface area contributed by atoms with Crippen LogP contribution in [0.1, 0.15) is 33.8 Å². The number of hydrogen-bond acceptors (Lipinski definition) is 4. The standard InChI is InChI=1S/C23H22N4O2S/c1-15-21(30-23(25-15)16-8-3-2-4-9-16)22(29)27-26-20(28)13-7-10-17-14-24-19-12-6-5-11-18(17)19/h2-6,8-9,11-12,14,24H,7,10,13H2,1H3,(H,26,28)(H,27,29). The molecule has 0 bridgehead atoms. The van der Waals surface area contributed by atoms with Crippen molar-refractivity contribution in [3.63, 3.8) is 0 Å². The zero-order chi connectivity index (χ0) is 20.9. The summed E-state index contributed by atoms with van der Waals surface area (Å²) >= 11 is 1.31. The molecule has 0 saturated heterocycles. The highest BCUT2D eigenvalue weighted by atomic mass is 32.1. The number of para-hydroxylation sites is 1. The number of aromatic amines is 1. The van der Waals surface area contributed by atoms with E-state index in [1.807, 2.05) is 54.7 Å². The summed E-state index contributed by atoms with van der Waals surface area (Å²) < 4.78 is 0. The average molecular weight is 419 g/mol. The van der Waals surface area contributed by atoms with Crippen LogP contribution in [0.15, 0.2) is 60.8 Å². The number of rotatable bonds is 6. The molecule has 4 aromatic rings. The zero-order valence-electron chi connectivity index (χ0n) is 16.6. The highest BCUT2D eigenvalue weighted by molar-refractivity contribution is 7.17. The van der Waals surface area contributed by atoms with Crippen molar-refractivity contribution in [3.8, 4) is 10.6 Å². The van der Waals surface area contributed by atoms with Gasteiger partial charge in [0.05, 0.1) is 5.69 Å². The summed E-state index contributed by atoms with van der Waals surface area (Å²) in [5.74, 6) is -0.564. The van der Waals surface area contributed by atoms with Gasteiger partial charge in [-0.05, 0) is 31.4 Å². The lowest BCUT2D eigenvalue weighted by Gasteiger charge is -2.06. The Morgan fingerprint density at radius 3 is 2.63 bits per heavy atom. The number of hydrogen-bond donors (Lipinski definition) is 3. The molecule has 2 heterocycles. The van der Waals surface area contributed by atoms with Gasteiger partial charge in [-0.1, -0.05) is 48.5 Å². The van der Waals surface area contributed by atoms with Crippen molar-refractivity contribution < 1.29 is 9.59 Å². The smallest absolute Gasteiger partial charge is 0.281 e. The molecule has 0 unspecified atom stereocenters. The van der Waals surface area contributed by atoms with Crippen molar-refractivity contribution >= 4 is 34.1 Å². The maximum atomic E-state index is 12.5. The van der Waals surface area contributed by atoms with Crippen LogP contribution < -0.4 is 10.9 Å². The monoisotopic (exact) mass is 418 g/mol. The third kappa shape index (κ3) is 4.41. The van der Waals surface area contributed by atoms with Gasteiger partial charge in [-0.25, -0.2) is 4.98 Å². The molecule has 0 aliphatic carbocycles. The lowest BCUT2D eigenvalue weighted by Crippen LogP contribution is -2.41. The Morgan fingerprint density at radius 1 is 1.03 bits per heavy atom. The first-order chi connectivity index (χ1) is 14.6. The molecule has 0 fully saturated rings. The molecule has 3 N–H and O–H groups in total. The number of carbonyl (C=O) groups excluding carboxylic acids is 2. The second-order valence-corrected chi connectivity index (χ2v) is 8.01. The summed E-state index contributed by atoms with van der Waals surface area (Å²) in [7, 11) is 0. The second kappa shape index (κ2) is 8.92. The summed E-state index contributed by atoms with van der Waals surface area (Å²) in [6.07, 6.45) is 3.80. The van der Waals surface area contributed by atoms with Crippen LogP contribution in [0, 0.1) is 6.92 Å². The van der Waals surface area contributed by atoms with Crippen LogP contribution in [0.5, 0.6) is 0 Å². The Morgan fingerprint density at radius 2 is 1.80 bits per heavy atom. The molecule has 2 amide bonds. The van der Waals surface area contributed by atoms with Crippen molar-refractivity contribution in [1.29, 1.82) is 0 Å². The highest BCUT2D eigenvalue weighted by Gasteiger charge is 2.16. The maximum absolute atomic E-state index is 12.5. The summed E-state index contributed by atoms with van der Waals surface area (Å²) in [5, 5.41) is 1.96. The number of aryl methyl sites for hydroxylation is 2. The molecular formula is C23H22N4O2S. The molecule has 0 saturated carbocycles. The predicted octanol–water partition coefficient (Wildman–Crippen LogP) is 4.38. The van der Waals surface area contributed by atoms with Crippen LogP contribution in [-0.4, -0.2) is 21.8 Å². The average Bonchev–Trinajstić information content (AvgIpc) is 3.36. The number of nitrogens with zero attached hydrogens (tertiary/aromatic N) is 1. The zero-order valence-corrected chi connectivity index (χ0v) is 17.4. The van der Waals surface area contributed by atoms with Gasteiger partial charge in [0, 0.05) is 29.1 Å². The van der Waals surface area contributed by atoms with Crippen LogP contribution in [-0.2, 0) is 11.2 Å². The first kappa shape index (κ1) is 19.8. The number of hydrazine groups is 1. The Balaban J connectivity index is 1.28. The summed E-state index contributed by atoms with van der Waals surface area (Å²) in [4.78, 5) is 32.8. The molecule has 0 radical (unpaired) electrons. The molecule has 0 spiro atoms. The van der Waals surface area contributed by atoms with Gasteiger partial charge < -0.3 is 4.98 Å². The summed E-state index contributed by atoms with van der Waals surface area (Å²) in [6.45, 7) is 1.79. The van der Waals surface area contributed by atoms with E-state index >= 15 is 0 Å². The Labute approximate surface area is 178 Å². The van der Waals surface area contributed by atoms with Crippen LogP contribution >= 0.6 is 11.3 Å². The fourth-order valence-electron chi connectivity index (χ4n) is 3.33. The third-order valence-electron chi connectivity index (χ3n) is 4.86. The number of benzene rings is 2. The lowest BCUT2D eigenvalue weighted by molar-refractivity contribution is -0.121. The normalized spacial score (nSPS) is 10.8. The number of fused-ring (bicyclic) bond motifs is 1. The molecule has 0 aliphatic rings. The van der Waals surface area contributed by atoms with Gasteiger partial charge in [-0.2, -0.15) is 0 Å². The van der Waals surface area contributed by atoms with Crippen LogP contribution in [0.3, 0.4) is 0 Å². The van der Waals surface area contributed by atoms with E-state index in [4.69, 9.17) is 0 Å². The maximum Gasteiger partial charge on any atom is 0.281 e. The largest absolute Gasteiger partial charge is 0.361 e. The quantitative estimate of drug-likeness (QED) is 0.406. The third-order valence-corrected chi connectivity index (χ3v) is 6.07. The first-order valence-corrected chi connectivity index (χ1v) is 10.6. The van der Waals surface area contributed by atoms with E-state index in [-0.39, 0.29) is 11.8 Å². The number of nitrogens with one attached hydrogen (secondary N) is 3. The van der Waals surface area contributed by atoms with E-state index in [0.29, 0.717) is 23.4 Å². The van der Waals surface area contributed by atoms with Crippen molar-refractivity contribution in [2.24, 2.45) is 0 Å². The fraction of sp³-hybridized carbons (Fsp3) is 0.174. The van der Waals surface area contributed by atoms with Crippen LogP contribution in [0.4, 0.5) is 0 Å². The van der Waals surface area contributed by atoms with Gasteiger partial charge >= 0.3 is 0 Å². The second-order valence-electron chi connectivity index (χ2n) is 7.01. The van der Waals surface area contributed by atoms with Crippen LogP contribution in [0.25, 0.3) is 21.5 Å². The fourth-order valence-corrected chi connectivity index (χ4v) is 4.30. The lowest BCUT2D eigenvalue weighted by atomic mass is 10.1. The molecule has 30 heavy (non-hydrogen) atoms. The Kier molecular flexibility index (Phi) is 5.90. The minimum atomic E-state index is -0.350. The van der Waals surface area contributed by atoms with Gasteiger partial charge in [0.15, 0.2) is 0 Å². The van der Waals surface area contributed by atoms with E-state index in [1.165, 1.54) is 22.3 Å². The molecule has 2 aromatic carbocycles. The van der Waals surface area contributed by atoms with Gasteiger partial charge in [0.2, 0.25) is 5.91 Å². The Bertz CT molecular complexity index is 1180. The van der Waals surface area contributed by atoms with E-state index in [1.54, 1.807) is 6.92 Å². The first-order valence-electron chi connectivity index (χ1n) is 9.79. The SMILES string of the molecule is Cc1nc(-c2ccccc2)sc1C(=O)NNC(=O)CCCc1c[nH]c2ccccc12. The molecule has 0 aliphatic heterocycles. The summed E-state index contributed by atoms with van der Waals surface area (Å²) in [5.41, 5.74) is 8.90. The van der Waals surface area contributed by atoms with Gasteiger partial charge in [0.1, 0.15) is 9.88 Å². The molecule has 4 rings (SSSR count). The summed E-state index contributed by atoms with van der Waals surface area (Å²) in [6, 6.07) is 17.8. The predicted molar refractivity (Wildman–Crippen MR) is 119 cm³/mol. The van der Waals surface area contributed by atoms with Crippen LogP contribution in [0.2, 0.25) is 0 Å². The molecule has 152 valence electrons. The van der Waals surface area contributed by atoms with Crippen molar-refractivity contribution in [3.05, 3.63) is 76.9 Å². The van der Waals surface area contributed by atoms with E-state index < -0.39 is 0 Å². The van der Waals surface area contributed by atoms with Crippen molar-refractivity contribution in [1.82, 2.24) is 20.8 Å². The molecule has 2 aromatic heterocycles. The number of carbonyl (C=O) groups is 2. The van der Waals surface area contributed by atoms with Gasteiger partial charge in [-0.15, -0.1) is 11.3 Å². The van der Waals surface area contributed by atoms with Crippen molar-refractivity contribution in [2.75, 3.05) is 0 Å². The minimum absolute atomic E-state index is 0.214. The van der Waals surface area contributed by atoms with E-state index in [0.717, 1.165) is 22.5 Å². The number of amides is 2. The number of aromatic nitrogens is 2.